The standard InChI is InChI=1S/C15H14N2O3/c1-10(18)11-5-7-12(8-6-11)16-14(19)13-4-3-9-17(2)15(13)20/h3-9H,1-2H3,(H,16,19). The van der Waals surface area contributed by atoms with Crippen molar-refractivity contribution >= 4 is 17.4 Å². The summed E-state index contributed by atoms with van der Waals surface area (Å²) in [7, 11) is 1.58. The van der Waals surface area contributed by atoms with Gasteiger partial charge in [-0.05, 0) is 43.3 Å². The summed E-state index contributed by atoms with van der Waals surface area (Å²) < 4.78 is 1.34. The second-order valence-corrected chi connectivity index (χ2v) is 4.43. The minimum absolute atomic E-state index is 0.0418. The molecule has 0 saturated carbocycles. The van der Waals surface area contributed by atoms with Gasteiger partial charge in [-0.15, -0.1) is 0 Å². The molecule has 0 aliphatic rings. The summed E-state index contributed by atoms with van der Waals surface area (Å²) in [5.41, 5.74) is 0.820. The number of aromatic nitrogens is 1. The van der Waals surface area contributed by atoms with E-state index < -0.39 is 5.91 Å². The van der Waals surface area contributed by atoms with Crippen molar-refractivity contribution in [1.82, 2.24) is 4.57 Å². The zero-order valence-electron chi connectivity index (χ0n) is 11.2. The molecule has 1 amide bonds. The lowest BCUT2D eigenvalue weighted by molar-refractivity contribution is 0.101. The van der Waals surface area contributed by atoms with Crippen molar-refractivity contribution in [3.8, 4) is 0 Å². The van der Waals surface area contributed by atoms with Gasteiger partial charge in [0, 0.05) is 24.5 Å². The first kappa shape index (κ1) is 13.7. The highest BCUT2D eigenvalue weighted by atomic mass is 16.2. The molecule has 0 fully saturated rings. The van der Waals surface area contributed by atoms with Crippen LogP contribution in [0, 0.1) is 0 Å². The first-order valence-corrected chi connectivity index (χ1v) is 6.07. The van der Waals surface area contributed by atoms with Crippen molar-refractivity contribution in [2.75, 3.05) is 5.32 Å². The lowest BCUT2D eigenvalue weighted by Gasteiger charge is -2.06. The second kappa shape index (κ2) is 5.52. The molecule has 1 heterocycles. The summed E-state index contributed by atoms with van der Waals surface area (Å²) in [6, 6.07) is 9.61. The Morgan fingerprint density at radius 3 is 2.35 bits per heavy atom. The molecule has 0 saturated heterocycles. The minimum Gasteiger partial charge on any atom is -0.322 e. The highest BCUT2D eigenvalue weighted by Gasteiger charge is 2.11. The predicted octanol–water partition coefficient (Wildman–Crippen LogP) is 1.84. The van der Waals surface area contributed by atoms with E-state index in [1.807, 2.05) is 0 Å². The molecule has 0 atom stereocenters. The average Bonchev–Trinajstić information content (AvgIpc) is 2.42. The van der Waals surface area contributed by atoms with E-state index in [1.54, 1.807) is 43.6 Å². The van der Waals surface area contributed by atoms with Crippen LogP contribution in [-0.2, 0) is 7.05 Å². The van der Waals surface area contributed by atoms with Gasteiger partial charge in [0.1, 0.15) is 5.56 Å². The molecular weight excluding hydrogens is 256 g/mol. The number of hydrogen-bond donors (Lipinski definition) is 1. The number of hydrogen-bond acceptors (Lipinski definition) is 3. The fourth-order valence-electron chi connectivity index (χ4n) is 1.76. The van der Waals surface area contributed by atoms with Crippen molar-refractivity contribution in [1.29, 1.82) is 0 Å². The topological polar surface area (TPSA) is 68.2 Å². The summed E-state index contributed by atoms with van der Waals surface area (Å²) in [6.45, 7) is 1.47. The lowest BCUT2D eigenvalue weighted by Crippen LogP contribution is -2.26. The van der Waals surface area contributed by atoms with Gasteiger partial charge in [-0.1, -0.05) is 0 Å². The highest BCUT2D eigenvalue weighted by molar-refractivity contribution is 6.04. The number of aryl methyl sites for hydroxylation is 1. The molecule has 2 rings (SSSR count). The number of benzene rings is 1. The van der Waals surface area contributed by atoms with E-state index in [0.717, 1.165) is 0 Å². The molecule has 2 aromatic rings. The van der Waals surface area contributed by atoms with Crippen LogP contribution in [-0.4, -0.2) is 16.3 Å². The molecule has 1 N–H and O–H groups in total. The van der Waals surface area contributed by atoms with E-state index in [0.29, 0.717) is 11.3 Å². The first-order chi connectivity index (χ1) is 9.49. The normalized spacial score (nSPS) is 10.1. The summed E-state index contributed by atoms with van der Waals surface area (Å²) >= 11 is 0. The van der Waals surface area contributed by atoms with E-state index in [4.69, 9.17) is 0 Å². The van der Waals surface area contributed by atoms with E-state index in [1.165, 1.54) is 17.6 Å². The van der Waals surface area contributed by atoms with Gasteiger partial charge in [-0.25, -0.2) is 0 Å². The lowest BCUT2D eigenvalue weighted by atomic mass is 10.1. The molecule has 0 aliphatic heterocycles. The summed E-state index contributed by atoms with van der Waals surface area (Å²) in [4.78, 5) is 35.0. The van der Waals surface area contributed by atoms with Crippen LogP contribution >= 0.6 is 0 Å². The van der Waals surface area contributed by atoms with E-state index in [2.05, 4.69) is 5.32 Å². The molecule has 0 radical (unpaired) electrons. The van der Waals surface area contributed by atoms with Crippen LogP contribution in [0.5, 0.6) is 0 Å². The molecule has 0 aliphatic carbocycles. The number of amides is 1. The van der Waals surface area contributed by atoms with Crippen LogP contribution in [0.25, 0.3) is 0 Å². The van der Waals surface area contributed by atoms with Gasteiger partial charge < -0.3 is 9.88 Å². The van der Waals surface area contributed by atoms with Gasteiger partial charge in [0.05, 0.1) is 0 Å². The number of ketones is 1. The number of nitrogens with one attached hydrogen (secondary N) is 1. The SMILES string of the molecule is CC(=O)c1ccc(NC(=O)c2cccn(C)c2=O)cc1. The van der Waals surface area contributed by atoms with E-state index >= 15 is 0 Å². The number of anilines is 1. The molecule has 0 bridgehead atoms. The molecule has 5 heteroatoms. The van der Waals surface area contributed by atoms with Crippen molar-refractivity contribution in [3.05, 3.63) is 64.1 Å². The first-order valence-electron chi connectivity index (χ1n) is 6.07. The summed E-state index contributed by atoms with van der Waals surface area (Å²) in [6.07, 6.45) is 1.58. The minimum atomic E-state index is -0.471. The molecule has 1 aromatic heterocycles. The number of carbonyl (C=O) groups is 2. The van der Waals surface area contributed by atoms with Crippen molar-refractivity contribution < 1.29 is 9.59 Å². The molecule has 102 valence electrons. The number of Topliss-reactive ketones (excluding diaryl/α,β-unsaturated/α-hetero) is 1. The molecule has 5 nitrogen and oxygen atoms in total. The number of pyridine rings is 1. The van der Waals surface area contributed by atoms with Crippen LogP contribution in [0.2, 0.25) is 0 Å². The van der Waals surface area contributed by atoms with Gasteiger partial charge in [0.15, 0.2) is 5.78 Å². The third-order valence-electron chi connectivity index (χ3n) is 2.92. The predicted molar refractivity (Wildman–Crippen MR) is 76.1 cm³/mol. The number of nitrogens with zero attached hydrogens (tertiary/aromatic N) is 1. The highest BCUT2D eigenvalue weighted by Crippen LogP contribution is 2.11. The maximum absolute atomic E-state index is 12.0. The molecular formula is C15H14N2O3. The second-order valence-electron chi connectivity index (χ2n) is 4.43. The van der Waals surface area contributed by atoms with Gasteiger partial charge in [0.2, 0.25) is 0 Å². The van der Waals surface area contributed by atoms with Crippen molar-refractivity contribution in [2.24, 2.45) is 7.05 Å². The Labute approximate surface area is 115 Å². The Morgan fingerprint density at radius 2 is 1.75 bits per heavy atom. The van der Waals surface area contributed by atoms with Crippen molar-refractivity contribution in [3.63, 3.8) is 0 Å². The zero-order valence-corrected chi connectivity index (χ0v) is 11.2. The Morgan fingerprint density at radius 1 is 1.10 bits per heavy atom. The van der Waals surface area contributed by atoms with Crippen LogP contribution < -0.4 is 10.9 Å². The zero-order chi connectivity index (χ0) is 14.7. The maximum Gasteiger partial charge on any atom is 0.263 e. The summed E-state index contributed by atoms with van der Waals surface area (Å²) in [5.74, 6) is -0.512. The molecule has 20 heavy (non-hydrogen) atoms. The largest absolute Gasteiger partial charge is 0.322 e. The quantitative estimate of drug-likeness (QED) is 0.865. The van der Waals surface area contributed by atoms with E-state index in [-0.39, 0.29) is 16.9 Å². The average molecular weight is 270 g/mol. The van der Waals surface area contributed by atoms with Crippen LogP contribution in [0.1, 0.15) is 27.6 Å². The van der Waals surface area contributed by atoms with Gasteiger partial charge in [-0.2, -0.15) is 0 Å². The monoisotopic (exact) mass is 270 g/mol. The van der Waals surface area contributed by atoms with E-state index in [9.17, 15) is 14.4 Å². The number of carbonyl (C=O) groups excluding carboxylic acids is 2. The Bertz CT molecular complexity index is 715. The molecule has 0 spiro atoms. The Kier molecular flexibility index (Phi) is 3.79. The van der Waals surface area contributed by atoms with Crippen LogP contribution in [0.15, 0.2) is 47.4 Å². The molecule has 1 aromatic carbocycles. The van der Waals surface area contributed by atoms with Gasteiger partial charge in [0.25, 0.3) is 11.5 Å². The fraction of sp³-hybridized carbons (Fsp3) is 0.133. The smallest absolute Gasteiger partial charge is 0.263 e. The third-order valence-corrected chi connectivity index (χ3v) is 2.92. The fourth-order valence-corrected chi connectivity index (χ4v) is 1.76. The van der Waals surface area contributed by atoms with Gasteiger partial charge >= 0.3 is 0 Å². The summed E-state index contributed by atoms with van der Waals surface area (Å²) in [5, 5.41) is 2.63. The van der Waals surface area contributed by atoms with Gasteiger partial charge in [-0.3, -0.25) is 14.4 Å². The van der Waals surface area contributed by atoms with Crippen LogP contribution in [0.3, 0.4) is 0 Å². The van der Waals surface area contributed by atoms with Crippen LogP contribution in [0.4, 0.5) is 5.69 Å². The third kappa shape index (κ3) is 2.83. The number of rotatable bonds is 3. The maximum atomic E-state index is 12.0. The Balaban J connectivity index is 2.21. The van der Waals surface area contributed by atoms with Crippen molar-refractivity contribution in [2.45, 2.75) is 6.92 Å². The molecule has 0 unspecified atom stereocenters. The Hall–Kier alpha value is -2.69.